The first kappa shape index (κ1) is 18.5. The number of hydrogen-bond donors (Lipinski definition) is 2. The number of thiophene rings is 1. The number of furan rings is 1. The summed E-state index contributed by atoms with van der Waals surface area (Å²) in [6.45, 7) is 2.27. The van der Waals surface area contributed by atoms with Crippen LogP contribution in [0.3, 0.4) is 0 Å². The van der Waals surface area contributed by atoms with E-state index in [1.54, 1.807) is 23.7 Å². The van der Waals surface area contributed by atoms with Crippen molar-refractivity contribution in [3.8, 4) is 0 Å². The smallest absolute Gasteiger partial charge is 0.131 e. The molecule has 1 aliphatic rings. The van der Waals surface area contributed by atoms with Crippen molar-refractivity contribution in [3.63, 3.8) is 0 Å². The van der Waals surface area contributed by atoms with Gasteiger partial charge in [0.2, 0.25) is 0 Å². The van der Waals surface area contributed by atoms with E-state index in [0.29, 0.717) is 22.8 Å². The van der Waals surface area contributed by atoms with Crippen LogP contribution in [0.4, 0.5) is 5.69 Å². The molecule has 4 rings (SSSR count). The number of nitrogens with one attached hydrogen (secondary N) is 1. The van der Waals surface area contributed by atoms with Gasteiger partial charge in [-0.1, -0.05) is 23.2 Å². The van der Waals surface area contributed by atoms with E-state index in [1.807, 2.05) is 17.5 Å². The van der Waals surface area contributed by atoms with Crippen molar-refractivity contribution in [1.29, 1.82) is 0 Å². The van der Waals surface area contributed by atoms with Gasteiger partial charge in [0.05, 0.1) is 34.8 Å². The maximum Gasteiger partial charge on any atom is 0.131 e. The summed E-state index contributed by atoms with van der Waals surface area (Å²) in [5.41, 5.74) is 7.16. The average Bonchev–Trinajstić information content (AvgIpc) is 3.25. The molecule has 0 bridgehead atoms. The highest BCUT2D eigenvalue weighted by Gasteiger charge is 2.10. The molecule has 1 unspecified atom stereocenters. The van der Waals surface area contributed by atoms with Gasteiger partial charge in [0.25, 0.3) is 0 Å². The molecule has 1 aliphatic heterocycles. The molecule has 4 heterocycles. The molecule has 134 valence electrons. The van der Waals surface area contributed by atoms with Gasteiger partial charge in [0, 0.05) is 24.1 Å². The van der Waals surface area contributed by atoms with Crippen LogP contribution < -0.4 is 11.1 Å². The van der Waals surface area contributed by atoms with Gasteiger partial charge in [0.1, 0.15) is 16.4 Å². The van der Waals surface area contributed by atoms with E-state index in [9.17, 15) is 0 Å². The molecule has 8 heteroatoms. The number of aromatic nitrogens is 1. The van der Waals surface area contributed by atoms with Crippen molar-refractivity contribution in [2.24, 2.45) is 5.73 Å². The molecule has 3 aromatic heterocycles. The molecular weight excluding hydrogens is 381 g/mol. The van der Waals surface area contributed by atoms with Crippen LogP contribution in [0.15, 0.2) is 34.3 Å². The zero-order chi connectivity index (χ0) is 17.6. The van der Waals surface area contributed by atoms with Crippen molar-refractivity contribution in [3.05, 3.63) is 45.8 Å². The number of anilines is 1. The van der Waals surface area contributed by atoms with Crippen LogP contribution in [0.1, 0.15) is 18.6 Å². The number of fused-ring (bicyclic) bond motifs is 1. The third kappa shape index (κ3) is 5.09. The third-order valence-corrected chi connectivity index (χ3v) is 5.29. The lowest BCUT2D eigenvalue weighted by atomic mass is 10.1. The predicted molar refractivity (Wildman–Crippen MR) is 104 cm³/mol. The summed E-state index contributed by atoms with van der Waals surface area (Å²) < 4.78 is 11.3. The SMILES string of the molecule is Clc1cc(NCc2ccco2)c2scc(Cl)c2n1.NC1CCCOC1. The van der Waals surface area contributed by atoms with E-state index >= 15 is 0 Å². The topological polar surface area (TPSA) is 73.3 Å². The lowest BCUT2D eigenvalue weighted by Crippen LogP contribution is -2.30. The molecule has 5 nitrogen and oxygen atoms in total. The van der Waals surface area contributed by atoms with Gasteiger partial charge in [-0.05, 0) is 25.0 Å². The maximum absolute atomic E-state index is 6.06. The molecule has 0 amide bonds. The lowest BCUT2D eigenvalue weighted by Gasteiger charge is -2.16. The number of pyridine rings is 1. The van der Waals surface area contributed by atoms with E-state index in [4.69, 9.17) is 38.1 Å². The molecule has 0 saturated carbocycles. The Labute approximate surface area is 160 Å². The van der Waals surface area contributed by atoms with Crippen LogP contribution in [-0.4, -0.2) is 24.2 Å². The molecule has 1 saturated heterocycles. The fraction of sp³-hybridized carbons (Fsp3) is 0.353. The summed E-state index contributed by atoms with van der Waals surface area (Å²) >= 11 is 13.6. The summed E-state index contributed by atoms with van der Waals surface area (Å²) in [5.74, 6) is 0.860. The van der Waals surface area contributed by atoms with Crippen molar-refractivity contribution in [2.75, 3.05) is 18.5 Å². The van der Waals surface area contributed by atoms with Gasteiger partial charge < -0.3 is 20.2 Å². The number of rotatable bonds is 3. The summed E-state index contributed by atoms with van der Waals surface area (Å²) in [7, 11) is 0. The quantitative estimate of drug-likeness (QED) is 0.610. The van der Waals surface area contributed by atoms with E-state index < -0.39 is 0 Å². The second-order valence-electron chi connectivity index (χ2n) is 5.66. The van der Waals surface area contributed by atoms with Gasteiger partial charge in [-0.3, -0.25) is 0 Å². The average molecular weight is 400 g/mol. The Morgan fingerprint density at radius 2 is 2.28 bits per heavy atom. The van der Waals surface area contributed by atoms with Crippen molar-refractivity contribution in [2.45, 2.75) is 25.4 Å². The third-order valence-electron chi connectivity index (χ3n) is 3.68. The largest absolute Gasteiger partial charge is 0.467 e. The Morgan fingerprint density at radius 3 is 2.92 bits per heavy atom. The molecule has 0 radical (unpaired) electrons. The molecule has 0 spiro atoms. The second-order valence-corrected chi connectivity index (χ2v) is 7.34. The second kappa shape index (κ2) is 8.87. The standard InChI is InChI=1S/C12H8Cl2N2OS.C5H11NO/c13-8-6-18-12-9(4-10(14)16-11(8)12)15-5-7-2-1-3-17-7;6-5-2-1-3-7-4-5/h1-4,6H,5H2,(H,15,16);5H,1-4,6H2. The van der Waals surface area contributed by atoms with E-state index in [2.05, 4.69) is 10.3 Å². The first-order valence-electron chi connectivity index (χ1n) is 7.96. The fourth-order valence-electron chi connectivity index (χ4n) is 2.44. The Kier molecular flexibility index (Phi) is 6.56. The minimum absolute atomic E-state index is 0.314. The van der Waals surface area contributed by atoms with Gasteiger partial charge in [0.15, 0.2) is 0 Å². The molecule has 3 aromatic rings. The summed E-state index contributed by atoms with van der Waals surface area (Å²) in [6, 6.07) is 5.87. The summed E-state index contributed by atoms with van der Waals surface area (Å²) in [4.78, 5) is 4.22. The van der Waals surface area contributed by atoms with Crippen LogP contribution >= 0.6 is 34.5 Å². The van der Waals surface area contributed by atoms with Gasteiger partial charge >= 0.3 is 0 Å². The van der Waals surface area contributed by atoms with E-state index in [0.717, 1.165) is 47.7 Å². The highest BCUT2D eigenvalue weighted by atomic mass is 35.5. The predicted octanol–water partition coefficient (Wildman–Crippen LogP) is 4.93. The Hall–Kier alpha value is -1.31. The van der Waals surface area contributed by atoms with E-state index in [-0.39, 0.29) is 0 Å². The van der Waals surface area contributed by atoms with Crippen molar-refractivity contribution >= 4 is 50.4 Å². The minimum atomic E-state index is 0.314. The lowest BCUT2D eigenvalue weighted by molar-refractivity contribution is 0.0822. The zero-order valence-corrected chi connectivity index (χ0v) is 15.8. The van der Waals surface area contributed by atoms with Crippen molar-refractivity contribution < 1.29 is 9.15 Å². The van der Waals surface area contributed by atoms with Crippen LogP contribution in [0.5, 0.6) is 0 Å². The normalized spacial score (nSPS) is 17.2. The molecule has 3 N–H and O–H groups in total. The van der Waals surface area contributed by atoms with Crippen LogP contribution in [0, 0.1) is 0 Å². The molecule has 0 aliphatic carbocycles. The highest BCUT2D eigenvalue weighted by Crippen LogP contribution is 2.35. The van der Waals surface area contributed by atoms with Gasteiger partial charge in [-0.15, -0.1) is 11.3 Å². The van der Waals surface area contributed by atoms with Crippen LogP contribution in [-0.2, 0) is 11.3 Å². The van der Waals surface area contributed by atoms with Gasteiger partial charge in [-0.2, -0.15) is 0 Å². The number of ether oxygens (including phenoxy) is 1. The first-order valence-corrected chi connectivity index (χ1v) is 9.60. The van der Waals surface area contributed by atoms with Crippen LogP contribution in [0.25, 0.3) is 10.2 Å². The number of nitrogens with zero attached hydrogens (tertiary/aromatic N) is 1. The zero-order valence-electron chi connectivity index (χ0n) is 13.5. The Morgan fingerprint density at radius 1 is 1.40 bits per heavy atom. The first-order chi connectivity index (χ1) is 12.1. The number of halogens is 2. The molecule has 1 atom stereocenters. The Balaban J connectivity index is 0.000000219. The minimum Gasteiger partial charge on any atom is -0.467 e. The number of nitrogens with two attached hydrogens (primary N) is 1. The Bertz CT molecular complexity index is 802. The fourth-order valence-corrected chi connectivity index (χ4v) is 3.82. The van der Waals surface area contributed by atoms with E-state index in [1.165, 1.54) is 0 Å². The summed E-state index contributed by atoms with van der Waals surface area (Å²) in [5, 5.41) is 6.18. The molecule has 25 heavy (non-hydrogen) atoms. The van der Waals surface area contributed by atoms with Crippen molar-refractivity contribution in [1.82, 2.24) is 4.98 Å². The monoisotopic (exact) mass is 399 g/mol. The highest BCUT2D eigenvalue weighted by molar-refractivity contribution is 7.18. The van der Waals surface area contributed by atoms with Gasteiger partial charge in [-0.25, -0.2) is 4.98 Å². The van der Waals surface area contributed by atoms with Crippen LogP contribution in [0.2, 0.25) is 10.2 Å². The molecule has 1 fully saturated rings. The molecule has 0 aromatic carbocycles. The molecular formula is C17H19Cl2N3O2S. The summed E-state index contributed by atoms with van der Waals surface area (Å²) in [6.07, 6.45) is 3.93. The number of hydrogen-bond acceptors (Lipinski definition) is 6. The maximum atomic E-state index is 6.06.